The van der Waals surface area contributed by atoms with Crippen LogP contribution in [0.5, 0.6) is 0 Å². The number of thioether (sulfide) groups is 1. The molecule has 0 saturated heterocycles. The molecule has 0 saturated carbocycles. The quantitative estimate of drug-likeness (QED) is 0.589. The lowest BCUT2D eigenvalue weighted by Crippen LogP contribution is -2.57. The molecule has 3 nitrogen and oxygen atoms in total. The van der Waals surface area contributed by atoms with E-state index in [0.717, 1.165) is 22.1 Å². The van der Waals surface area contributed by atoms with Gasteiger partial charge in [0.15, 0.2) is 0 Å². The fourth-order valence-electron chi connectivity index (χ4n) is 1.52. The van der Waals surface area contributed by atoms with Gasteiger partial charge < -0.3 is 10.4 Å². The van der Waals surface area contributed by atoms with Crippen molar-refractivity contribution in [3.8, 4) is 0 Å². The van der Waals surface area contributed by atoms with Crippen molar-refractivity contribution in [1.29, 1.82) is 0 Å². The van der Waals surface area contributed by atoms with Gasteiger partial charge in [0.2, 0.25) is 5.91 Å². The Bertz CT molecular complexity index is 466. The van der Waals surface area contributed by atoms with Crippen molar-refractivity contribution in [2.75, 3.05) is 5.75 Å². The third kappa shape index (κ3) is 6.29. The van der Waals surface area contributed by atoms with Crippen LogP contribution in [0.2, 0.25) is 5.02 Å². The number of rotatable bonds is 7. The molecular weight excluding hydrogens is 306 g/mol. The van der Waals surface area contributed by atoms with Gasteiger partial charge in [0.25, 0.3) is 0 Å². The molecule has 0 radical (unpaired) electrons. The molecule has 0 aliphatic rings. The molecule has 0 aliphatic heterocycles. The van der Waals surface area contributed by atoms with Gasteiger partial charge in [-0.15, -0.1) is 11.8 Å². The molecule has 2 N–H and O–H groups in total. The van der Waals surface area contributed by atoms with Gasteiger partial charge in [-0.1, -0.05) is 11.6 Å². The highest BCUT2D eigenvalue weighted by Crippen LogP contribution is 2.22. The summed E-state index contributed by atoms with van der Waals surface area (Å²) in [6.45, 7) is 7.05. The van der Waals surface area contributed by atoms with Crippen LogP contribution in [0.3, 0.4) is 0 Å². The van der Waals surface area contributed by atoms with Crippen molar-refractivity contribution in [2.45, 2.75) is 56.6 Å². The Morgan fingerprint density at radius 3 is 2.33 bits per heavy atom. The van der Waals surface area contributed by atoms with Crippen molar-refractivity contribution in [1.82, 2.24) is 5.32 Å². The van der Waals surface area contributed by atoms with Gasteiger partial charge in [0, 0.05) is 16.3 Å². The average molecular weight is 330 g/mol. The molecule has 5 heteroatoms. The third-order valence-corrected chi connectivity index (χ3v) is 4.96. The summed E-state index contributed by atoms with van der Waals surface area (Å²) in [7, 11) is 0. The van der Waals surface area contributed by atoms with Crippen molar-refractivity contribution in [3.05, 3.63) is 29.3 Å². The molecule has 0 heterocycles. The van der Waals surface area contributed by atoms with Crippen molar-refractivity contribution >= 4 is 29.3 Å². The summed E-state index contributed by atoms with van der Waals surface area (Å²) in [5.74, 6) is 0.844. The van der Waals surface area contributed by atoms with E-state index in [1.54, 1.807) is 25.6 Å². The molecular formula is C16H24ClNO2S. The number of carbonyl (C=O) groups is 1. The predicted molar refractivity (Wildman–Crippen MR) is 89.9 cm³/mol. The Morgan fingerprint density at radius 1 is 1.24 bits per heavy atom. The lowest BCUT2D eigenvalue weighted by Gasteiger charge is -2.38. The van der Waals surface area contributed by atoms with E-state index < -0.39 is 11.1 Å². The van der Waals surface area contributed by atoms with E-state index in [0.29, 0.717) is 6.42 Å². The molecule has 0 unspecified atom stereocenters. The number of benzene rings is 1. The van der Waals surface area contributed by atoms with E-state index in [4.69, 9.17) is 11.6 Å². The van der Waals surface area contributed by atoms with Crippen molar-refractivity contribution in [3.63, 3.8) is 0 Å². The van der Waals surface area contributed by atoms with Crippen LogP contribution >= 0.6 is 23.4 Å². The molecule has 1 rings (SSSR count). The minimum Gasteiger partial charge on any atom is -0.388 e. The number of hydrogen-bond donors (Lipinski definition) is 2. The second kappa shape index (κ2) is 7.52. The second-order valence-corrected chi connectivity index (χ2v) is 7.74. The highest BCUT2D eigenvalue weighted by molar-refractivity contribution is 7.99. The number of aliphatic hydroxyl groups is 1. The maximum Gasteiger partial charge on any atom is 0.220 e. The smallest absolute Gasteiger partial charge is 0.220 e. The molecule has 1 aromatic carbocycles. The molecule has 118 valence electrons. The van der Waals surface area contributed by atoms with Crippen LogP contribution in [0.1, 0.15) is 40.5 Å². The van der Waals surface area contributed by atoms with Crippen molar-refractivity contribution in [2.24, 2.45) is 0 Å². The standard InChI is InChI=1S/C16H24ClNO2S/c1-15(2,16(3,4)20)18-14(19)6-5-11-21-13-9-7-12(17)8-10-13/h7-10,20H,5-6,11H2,1-4H3,(H,18,19). The monoisotopic (exact) mass is 329 g/mol. The van der Waals surface area contributed by atoms with Crippen LogP contribution in [-0.4, -0.2) is 27.9 Å². The van der Waals surface area contributed by atoms with E-state index in [9.17, 15) is 9.90 Å². The third-order valence-electron chi connectivity index (χ3n) is 3.61. The molecule has 0 aromatic heterocycles. The Kier molecular flexibility index (Phi) is 6.57. The van der Waals surface area contributed by atoms with Crippen LogP contribution in [-0.2, 0) is 4.79 Å². The fourth-order valence-corrected chi connectivity index (χ4v) is 2.50. The number of amides is 1. The van der Waals surface area contributed by atoms with Crippen LogP contribution < -0.4 is 5.32 Å². The summed E-state index contributed by atoms with van der Waals surface area (Å²) in [4.78, 5) is 13.1. The van der Waals surface area contributed by atoms with Gasteiger partial charge in [0.05, 0.1) is 11.1 Å². The lowest BCUT2D eigenvalue weighted by molar-refractivity contribution is -0.126. The molecule has 21 heavy (non-hydrogen) atoms. The maximum absolute atomic E-state index is 11.9. The Balaban J connectivity index is 2.29. The zero-order chi connectivity index (χ0) is 16.1. The highest BCUT2D eigenvalue weighted by Gasteiger charge is 2.35. The zero-order valence-corrected chi connectivity index (χ0v) is 14.6. The SMILES string of the molecule is CC(C)(O)C(C)(C)NC(=O)CCCSc1ccc(Cl)cc1. The summed E-state index contributed by atoms with van der Waals surface area (Å²) in [5, 5.41) is 13.6. The maximum atomic E-state index is 11.9. The summed E-state index contributed by atoms with van der Waals surface area (Å²) >= 11 is 7.54. The van der Waals surface area contributed by atoms with Gasteiger partial charge in [-0.2, -0.15) is 0 Å². The van der Waals surface area contributed by atoms with E-state index in [1.165, 1.54) is 0 Å². The van der Waals surface area contributed by atoms with Gasteiger partial charge in [-0.3, -0.25) is 4.79 Å². The first-order valence-electron chi connectivity index (χ1n) is 7.03. The Hall–Kier alpha value is -0.710. The van der Waals surface area contributed by atoms with Crippen LogP contribution in [0.15, 0.2) is 29.2 Å². The van der Waals surface area contributed by atoms with Gasteiger partial charge in [-0.05, 0) is 64.1 Å². The first-order valence-corrected chi connectivity index (χ1v) is 8.40. The van der Waals surface area contributed by atoms with Gasteiger partial charge in [0.1, 0.15) is 0 Å². The molecule has 0 fully saturated rings. The largest absolute Gasteiger partial charge is 0.388 e. The minimum absolute atomic E-state index is 0.0289. The minimum atomic E-state index is -0.958. The Morgan fingerprint density at radius 2 is 1.81 bits per heavy atom. The van der Waals surface area contributed by atoms with Crippen LogP contribution in [0.25, 0.3) is 0 Å². The fraction of sp³-hybridized carbons (Fsp3) is 0.562. The van der Waals surface area contributed by atoms with Gasteiger partial charge >= 0.3 is 0 Å². The molecule has 1 amide bonds. The summed E-state index contributed by atoms with van der Waals surface area (Å²) < 4.78 is 0. The van der Waals surface area contributed by atoms with E-state index in [-0.39, 0.29) is 5.91 Å². The van der Waals surface area contributed by atoms with Gasteiger partial charge in [-0.25, -0.2) is 0 Å². The van der Waals surface area contributed by atoms with E-state index in [2.05, 4.69) is 5.32 Å². The van der Waals surface area contributed by atoms with Crippen LogP contribution in [0.4, 0.5) is 0 Å². The average Bonchev–Trinajstić information content (AvgIpc) is 2.35. The summed E-state index contributed by atoms with van der Waals surface area (Å²) in [5.41, 5.74) is -1.60. The van der Waals surface area contributed by atoms with E-state index >= 15 is 0 Å². The number of carbonyl (C=O) groups excluding carboxylic acids is 1. The van der Waals surface area contributed by atoms with Crippen LogP contribution in [0, 0.1) is 0 Å². The topological polar surface area (TPSA) is 49.3 Å². The normalized spacial score (nSPS) is 12.3. The van der Waals surface area contributed by atoms with Crippen molar-refractivity contribution < 1.29 is 9.90 Å². The first-order chi connectivity index (χ1) is 9.62. The zero-order valence-electron chi connectivity index (χ0n) is 13.1. The number of halogens is 1. The second-order valence-electron chi connectivity index (χ2n) is 6.14. The first kappa shape index (κ1) is 18.3. The molecule has 0 aliphatic carbocycles. The predicted octanol–water partition coefficient (Wildman–Crippen LogP) is 3.88. The molecule has 0 atom stereocenters. The lowest BCUT2D eigenvalue weighted by atomic mass is 9.86. The summed E-state index contributed by atoms with van der Waals surface area (Å²) in [6, 6.07) is 7.68. The van der Waals surface area contributed by atoms with E-state index in [1.807, 2.05) is 38.1 Å². The molecule has 0 spiro atoms. The number of hydrogen-bond acceptors (Lipinski definition) is 3. The highest BCUT2D eigenvalue weighted by atomic mass is 35.5. The molecule has 0 bridgehead atoms. The summed E-state index contributed by atoms with van der Waals surface area (Å²) in [6.07, 6.45) is 1.25. The Labute approximate surface area is 136 Å². The number of nitrogens with one attached hydrogen (secondary N) is 1. The molecule has 1 aromatic rings.